The summed E-state index contributed by atoms with van der Waals surface area (Å²) >= 11 is 0. The number of carbonyl (C=O) groups is 1. The molecule has 2 unspecified atom stereocenters. The van der Waals surface area contributed by atoms with E-state index in [0.717, 1.165) is 6.26 Å². The lowest BCUT2D eigenvalue weighted by atomic mass is 10.3. The monoisotopic (exact) mass is 239 g/mol. The summed E-state index contributed by atoms with van der Waals surface area (Å²) in [7, 11) is -2.26. The summed E-state index contributed by atoms with van der Waals surface area (Å²) in [6, 6.07) is 0. The molecule has 8 heteroatoms. The van der Waals surface area contributed by atoms with Gasteiger partial charge in [0.2, 0.25) is 0 Å². The van der Waals surface area contributed by atoms with Crippen LogP contribution in [0.25, 0.3) is 0 Å². The molecule has 1 aliphatic heterocycles. The van der Waals surface area contributed by atoms with E-state index in [1.54, 1.807) is 0 Å². The molecule has 1 saturated heterocycles. The average Bonchev–Trinajstić information content (AvgIpc) is 2.49. The van der Waals surface area contributed by atoms with Gasteiger partial charge in [-0.15, -0.1) is 0 Å². The zero-order chi connectivity index (χ0) is 11.5. The normalized spacial score (nSPS) is 26.3. The Morgan fingerprint density at radius 2 is 2.20 bits per heavy atom. The van der Waals surface area contributed by atoms with Gasteiger partial charge < -0.3 is 9.47 Å². The number of methoxy groups -OCH3 is 1. The molecule has 0 radical (unpaired) electrons. The van der Waals surface area contributed by atoms with E-state index in [4.69, 9.17) is 8.92 Å². The molecule has 0 aromatic carbocycles. The van der Waals surface area contributed by atoms with E-state index in [0.29, 0.717) is 0 Å². The molecule has 1 amide bonds. The smallest absolute Gasteiger partial charge is 0.408 e. The summed E-state index contributed by atoms with van der Waals surface area (Å²) in [6.07, 6.45) is -0.498. The van der Waals surface area contributed by atoms with Gasteiger partial charge in [-0.2, -0.15) is 8.42 Å². The second kappa shape index (κ2) is 4.77. The van der Waals surface area contributed by atoms with Crippen LogP contribution >= 0.6 is 0 Å². The molecule has 7 nitrogen and oxygen atoms in total. The van der Waals surface area contributed by atoms with Crippen molar-refractivity contribution < 1.29 is 26.9 Å². The molecular weight excluding hydrogens is 226 g/mol. The number of hydrogen-bond donors (Lipinski definition) is 1. The molecule has 1 heterocycles. The highest BCUT2D eigenvalue weighted by Gasteiger charge is 2.29. The van der Waals surface area contributed by atoms with Crippen molar-refractivity contribution in [3.8, 4) is 0 Å². The van der Waals surface area contributed by atoms with Crippen molar-refractivity contribution in [2.24, 2.45) is 0 Å². The number of alkyl carbamates (subject to hydrolysis) is 1. The van der Waals surface area contributed by atoms with Gasteiger partial charge >= 0.3 is 6.09 Å². The van der Waals surface area contributed by atoms with E-state index in [-0.39, 0.29) is 13.0 Å². The van der Waals surface area contributed by atoms with Gasteiger partial charge in [-0.1, -0.05) is 0 Å². The van der Waals surface area contributed by atoms with E-state index < -0.39 is 28.5 Å². The lowest BCUT2D eigenvalue weighted by molar-refractivity contribution is 0.0688. The van der Waals surface area contributed by atoms with Crippen LogP contribution in [0.1, 0.15) is 6.42 Å². The molecular formula is C7H13NO6S. The highest BCUT2D eigenvalue weighted by molar-refractivity contribution is 7.86. The Morgan fingerprint density at radius 3 is 2.73 bits per heavy atom. The maximum absolute atomic E-state index is 10.8. The third-order valence-corrected chi connectivity index (χ3v) is 2.36. The molecule has 1 fully saturated rings. The molecule has 0 aromatic heterocycles. The van der Waals surface area contributed by atoms with Gasteiger partial charge in [-0.05, 0) is 0 Å². The van der Waals surface area contributed by atoms with Crippen LogP contribution in [0.3, 0.4) is 0 Å². The minimum atomic E-state index is -3.49. The van der Waals surface area contributed by atoms with Gasteiger partial charge in [0.1, 0.15) is 12.3 Å². The molecule has 1 aliphatic rings. The number of carbonyl (C=O) groups excluding carboxylic acids is 1. The first-order valence-corrected chi connectivity index (χ1v) is 6.06. The largest absolute Gasteiger partial charge is 0.453 e. The van der Waals surface area contributed by atoms with Crippen LogP contribution in [0.5, 0.6) is 0 Å². The Labute approximate surface area is 87.8 Å². The van der Waals surface area contributed by atoms with Crippen molar-refractivity contribution in [1.29, 1.82) is 0 Å². The van der Waals surface area contributed by atoms with Crippen LogP contribution < -0.4 is 5.32 Å². The molecule has 88 valence electrons. The third-order valence-electron chi connectivity index (χ3n) is 1.74. The van der Waals surface area contributed by atoms with Crippen molar-refractivity contribution in [2.45, 2.75) is 18.8 Å². The number of hydrogen-bond acceptors (Lipinski definition) is 6. The molecule has 15 heavy (non-hydrogen) atoms. The van der Waals surface area contributed by atoms with Crippen LogP contribution in [-0.2, 0) is 23.8 Å². The van der Waals surface area contributed by atoms with E-state index in [9.17, 15) is 13.2 Å². The van der Waals surface area contributed by atoms with E-state index in [2.05, 4.69) is 10.1 Å². The maximum Gasteiger partial charge on any atom is 0.408 e. The van der Waals surface area contributed by atoms with Crippen LogP contribution in [0.15, 0.2) is 0 Å². The second-order valence-corrected chi connectivity index (χ2v) is 4.72. The molecule has 0 spiro atoms. The number of nitrogens with one attached hydrogen (secondary N) is 1. The first-order chi connectivity index (χ1) is 6.90. The molecule has 2 atom stereocenters. The predicted octanol–water partition coefficient (Wildman–Crippen LogP) is -0.566. The summed E-state index contributed by atoms with van der Waals surface area (Å²) < 4.78 is 35.7. The van der Waals surface area contributed by atoms with Crippen molar-refractivity contribution in [3.05, 3.63) is 0 Å². The average molecular weight is 239 g/mol. The Kier molecular flexibility index (Phi) is 3.89. The summed E-state index contributed by atoms with van der Waals surface area (Å²) in [5.41, 5.74) is 0. The Morgan fingerprint density at radius 1 is 1.53 bits per heavy atom. The second-order valence-electron chi connectivity index (χ2n) is 3.12. The Balaban J connectivity index is 2.36. The van der Waals surface area contributed by atoms with Crippen molar-refractivity contribution in [3.63, 3.8) is 0 Å². The first-order valence-electron chi connectivity index (χ1n) is 4.25. The van der Waals surface area contributed by atoms with Gasteiger partial charge in [0.25, 0.3) is 10.1 Å². The van der Waals surface area contributed by atoms with Crippen LogP contribution in [0.4, 0.5) is 4.79 Å². The minimum absolute atomic E-state index is 0.127. The van der Waals surface area contributed by atoms with Crippen molar-refractivity contribution in [2.75, 3.05) is 20.0 Å². The van der Waals surface area contributed by atoms with Gasteiger partial charge in [0.05, 0.1) is 20.0 Å². The zero-order valence-corrected chi connectivity index (χ0v) is 9.24. The molecule has 1 N–H and O–H groups in total. The Hall–Kier alpha value is -0.860. The lowest BCUT2D eigenvalue weighted by Gasteiger charge is -2.10. The zero-order valence-electron chi connectivity index (χ0n) is 8.43. The number of amides is 1. The van der Waals surface area contributed by atoms with Crippen molar-refractivity contribution >= 4 is 16.2 Å². The predicted molar refractivity (Wildman–Crippen MR) is 49.6 cm³/mol. The van der Waals surface area contributed by atoms with Crippen LogP contribution in [-0.4, -0.2) is 46.8 Å². The molecule has 0 aliphatic carbocycles. The standard InChI is InChI=1S/C7H13NO6S/c1-12-7(9)8-6-3-5(4-13-6)14-15(2,10)11/h5-6H,3-4H2,1-2H3,(H,8,9). The van der Waals surface area contributed by atoms with Gasteiger partial charge in [-0.3, -0.25) is 9.50 Å². The van der Waals surface area contributed by atoms with Crippen molar-refractivity contribution in [1.82, 2.24) is 5.32 Å². The van der Waals surface area contributed by atoms with E-state index in [1.165, 1.54) is 7.11 Å². The number of rotatable bonds is 3. The first kappa shape index (κ1) is 12.2. The van der Waals surface area contributed by atoms with Gasteiger partial charge in [-0.25, -0.2) is 4.79 Å². The summed E-state index contributed by atoms with van der Waals surface area (Å²) in [5, 5.41) is 2.39. The fourth-order valence-electron chi connectivity index (χ4n) is 1.20. The number of ether oxygens (including phenoxy) is 2. The SMILES string of the molecule is COC(=O)NC1CC(OS(C)(=O)=O)CO1. The quantitative estimate of drug-likeness (QED) is 0.663. The molecule has 0 saturated carbocycles. The summed E-state index contributed by atoms with van der Waals surface area (Å²) in [6.45, 7) is 0.127. The van der Waals surface area contributed by atoms with E-state index in [1.807, 2.05) is 0 Å². The highest BCUT2D eigenvalue weighted by Crippen LogP contribution is 2.15. The summed E-state index contributed by atoms with van der Waals surface area (Å²) in [5.74, 6) is 0. The van der Waals surface area contributed by atoms with Crippen LogP contribution in [0.2, 0.25) is 0 Å². The highest BCUT2D eigenvalue weighted by atomic mass is 32.2. The minimum Gasteiger partial charge on any atom is -0.453 e. The molecule has 1 rings (SSSR count). The molecule has 0 aromatic rings. The summed E-state index contributed by atoms with van der Waals surface area (Å²) in [4.78, 5) is 10.8. The lowest BCUT2D eigenvalue weighted by Crippen LogP contribution is -2.34. The van der Waals surface area contributed by atoms with Gasteiger partial charge in [0, 0.05) is 6.42 Å². The van der Waals surface area contributed by atoms with E-state index >= 15 is 0 Å². The van der Waals surface area contributed by atoms with Crippen LogP contribution in [0, 0.1) is 0 Å². The fourth-order valence-corrected chi connectivity index (χ4v) is 1.83. The van der Waals surface area contributed by atoms with Gasteiger partial charge in [0.15, 0.2) is 0 Å². The fraction of sp³-hybridized carbons (Fsp3) is 0.857. The topological polar surface area (TPSA) is 90.9 Å². The Bertz CT molecular complexity index is 326. The maximum atomic E-state index is 10.8. The third kappa shape index (κ3) is 4.45. The molecule has 0 bridgehead atoms.